The third kappa shape index (κ3) is 6.04. The van der Waals surface area contributed by atoms with Crippen LogP contribution in [-0.2, 0) is 14.3 Å². The molecule has 3 amide bonds. The minimum Gasteiger partial charge on any atom is -0.480 e. The summed E-state index contributed by atoms with van der Waals surface area (Å²) in [7, 11) is 1.45. The van der Waals surface area contributed by atoms with Crippen molar-refractivity contribution in [3.05, 3.63) is 0 Å². The third-order valence-corrected chi connectivity index (χ3v) is 2.16. The zero-order valence-electron chi connectivity index (χ0n) is 10.6. The zero-order chi connectivity index (χ0) is 14.1. The molecule has 8 nitrogen and oxygen atoms in total. The minimum absolute atomic E-state index is 0.136. The van der Waals surface area contributed by atoms with Gasteiger partial charge in [-0.15, -0.1) is 0 Å². The fourth-order valence-corrected chi connectivity index (χ4v) is 1.31. The Balaban J connectivity index is 4.67. The van der Waals surface area contributed by atoms with E-state index in [1.165, 1.54) is 12.0 Å². The molecular weight excluding hydrogens is 242 g/mol. The lowest BCUT2D eigenvalue weighted by Crippen LogP contribution is -2.49. The Morgan fingerprint density at radius 2 is 1.83 bits per heavy atom. The number of rotatable bonds is 8. The third-order valence-electron chi connectivity index (χ3n) is 2.16. The minimum atomic E-state index is -1.13. The van der Waals surface area contributed by atoms with Crippen molar-refractivity contribution in [2.45, 2.75) is 6.92 Å². The van der Waals surface area contributed by atoms with Gasteiger partial charge in [0.1, 0.15) is 13.1 Å². The van der Waals surface area contributed by atoms with E-state index in [1.807, 2.05) is 0 Å². The van der Waals surface area contributed by atoms with Crippen LogP contribution in [0, 0.1) is 0 Å². The molecule has 0 bridgehead atoms. The van der Waals surface area contributed by atoms with Crippen LogP contribution in [0.2, 0.25) is 0 Å². The van der Waals surface area contributed by atoms with Crippen LogP contribution < -0.4 is 5.73 Å². The fraction of sp³-hybridized carbons (Fsp3) is 0.700. The van der Waals surface area contributed by atoms with Gasteiger partial charge < -0.3 is 25.4 Å². The topological polar surface area (TPSA) is 113 Å². The van der Waals surface area contributed by atoms with Crippen molar-refractivity contribution >= 4 is 17.9 Å². The van der Waals surface area contributed by atoms with Crippen molar-refractivity contribution < 1.29 is 24.2 Å². The number of methoxy groups -OCH3 is 1. The van der Waals surface area contributed by atoms with Gasteiger partial charge in [-0.05, 0) is 6.92 Å². The number of carboxylic acid groups (broad SMARTS) is 1. The summed E-state index contributed by atoms with van der Waals surface area (Å²) >= 11 is 0. The van der Waals surface area contributed by atoms with E-state index >= 15 is 0 Å². The first kappa shape index (κ1) is 16.2. The second kappa shape index (κ2) is 8.29. The molecule has 0 heterocycles. The average molecular weight is 261 g/mol. The van der Waals surface area contributed by atoms with Crippen LogP contribution in [0.3, 0.4) is 0 Å². The zero-order valence-corrected chi connectivity index (χ0v) is 10.6. The van der Waals surface area contributed by atoms with Gasteiger partial charge in [-0.2, -0.15) is 0 Å². The summed E-state index contributed by atoms with van der Waals surface area (Å²) in [6.07, 6.45) is 0. The molecule has 0 saturated heterocycles. The van der Waals surface area contributed by atoms with Crippen LogP contribution in [0.25, 0.3) is 0 Å². The smallest absolute Gasteiger partial charge is 0.323 e. The second-order valence-electron chi connectivity index (χ2n) is 3.57. The Hall–Kier alpha value is -1.83. The lowest BCUT2D eigenvalue weighted by molar-refractivity contribution is -0.137. The molecule has 0 aliphatic rings. The number of hydrogen-bond acceptors (Lipinski definition) is 4. The maximum Gasteiger partial charge on any atom is 0.323 e. The predicted molar refractivity (Wildman–Crippen MR) is 62.9 cm³/mol. The van der Waals surface area contributed by atoms with Gasteiger partial charge in [0.15, 0.2) is 0 Å². The highest BCUT2D eigenvalue weighted by Gasteiger charge is 2.22. The van der Waals surface area contributed by atoms with E-state index in [4.69, 9.17) is 15.6 Å². The Bertz CT molecular complexity index is 308. The highest BCUT2D eigenvalue weighted by molar-refractivity contribution is 5.84. The molecular formula is C10H19N3O5. The van der Waals surface area contributed by atoms with Crippen molar-refractivity contribution in [3.63, 3.8) is 0 Å². The van der Waals surface area contributed by atoms with E-state index in [9.17, 15) is 14.4 Å². The Kier molecular flexibility index (Phi) is 7.45. The van der Waals surface area contributed by atoms with Crippen LogP contribution in [0.1, 0.15) is 6.92 Å². The van der Waals surface area contributed by atoms with Crippen molar-refractivity contribution in [1.29, 1.82) is 0 Å². The number of carbonyl (C=O) groups excluding carboxylic acids is 2. The Morgan fingerprint density at radius 3 is 2.22 bits per heavy atom. The van der Waals surface area contributed by atoms with E-state index in [0.717, 1.165) is 4.90 Å². The molecule has 0 aromatic carbocycles. The van der Waals surface area contributed by atoms with Gasteiger partial charge in [-0.1, -0.05) is 0 Å². The number of likely N-dealkylation sites (N-methyl/N-ethyl adjacent to an activating group) is 1. The van der Waals surface area contributed by atoms with Crippen molar-refractivity contribution in [2.75, 3.05) is 39.9 Å². The molecule has 3 N–H and O–H groups in total. The maximum absolute atomic E-state index is 12.0. The standard InChI is InChI=1S/C10H19N3O5/c1-3-12(6-8(11)14)10(17)13(4-5-18-2)7-9(15)16/h3-7H2,1-2H3,(H2,11,14)(H,15,16). The lowest BCUT2D eigenvalue weighted by Gasteiger charge is -2.27. The number of primary amides is 1. The van der Waals surface area contributed by atoms with Gasteiger partial charge in [0.05, 0.1) is 6.61 Å². The highest BCUT2D eigenvalue weighted by atomic mass is 16.5. The van der Waals surface area contributed by atoms with Crippen LogP contribution in [0.15, 0.2) is 0 Å². The summed E-state index contributed by atoms with van der Waals surface area (Å²) in [5.74, 6) is -1.78. The molecule has 104 valence electrons. The Labute approximate surface area is 105 Å². The number of urea groups is 1. The van der Waals surface area contributed by atoms with Gasteiger partial charge in [-0.3, -0.25) is 9.59 Å². The lowest BCUT2D eigenvalue weighted by atomic mass is 10.4. The number of hydrogen-bond donors (Lipinski definition) is 2. The van der Waals surface area contributed by atoms with Gasteiger partial charge in [0.2, 0.25) is 5.91 Å². The average Bonchev–Trinajstić information content (AvgIpc) is 2.29. The van der Waals surface area contributed by atoms with Crippen LogP contribution in [-0.4, -0.2) is 72.7 Å². The molecule has 8 heteroatoms. The van der Waals surface area contributed by atoms with E-state index in [2.05, 4.69) is 0 Å². The maximum atomic E-state index is 12.0. The van der Waals surface area contributed by atoms with Crippen LogP contribution in [0.4, 0.5) is 4.79 Å². The number of nitrogens with zero attached hydrogens (tertiary/aromatic N) is 2. The largest absolute Gasteiger partial charge is 0.480 e. The molecule has 0 aromatic heterocycles. The quantitative estimate of drug-likeness (QED) is 0.578. The van der Waals surface area contributed by atoms with Gasteiger partial charge >= 0.3 is 12.0 Å². The summed E-state index contributed by atoms with van der Waals surface area (Å²) in [4.78, 5) is 35.7. The summed E-state index contributed by atoms with van der Waals surface area (Å²) in [5, 5.41) is 8.72. The second-order valence-corrected chi connectivity index (χ2v) is 3.57. The molecule has 0 spiro atoms. The normalized spacial score (nSPS) is 9.89. The first-order valence-electron chi connectivity index (χ1n) is 5.45. The molecule has 0 atom stereocenters. The summed E-state index contributed by atoms with van der Waals surface area (Å²) in [6, 6.07) is -0.546. The van der Waals surface area contributed by atoms with Gasteiger partial charge in [-0.25, -0.2) is 4.79 Å². The number of ether oxygens (including phenoxy) is 1. The summed E-state index contributed by atoms with van der Waals surface area (Å²) in [5.41, 5.74) is 5.02. The fourth-order valence-electron chi connectivity index (χ4n) is 1.31. The van der Waals surface area contributed by atoms with Gasteiger partial charge in [0, 0.05) is 20.2 Å². The Morgan fingerprint density at radius 1 is 1.22 bits per heavy atom. The van der Waals surface area contributed by atoms with E-state index in [1.54, 1.807) is 6.92 Å². The molecule has 18 heavy (non-hydrogen) atoms. The van der Waals surface area contributed by atoms with Crippen molar-refractivity contribution in [2.24, 2.45) is 5.73 Å². The number of nitrogens with two attached hydrogens (primary N) is 1. The number of amides is 3. The molecule has 0 aliphatic carbocycles. The summed E-state index contributed by atoms with van der Waals surface area (Å²) in [6.45, 7) is 1.61. The first-order valence-corrected chi connectivity index (χ1v) is 5.45. The molecule has 0 rings (SSSR count). The monoisotopic (exact) mass is 261 g/mol. The number of carboxylic acids is 1. The highest BCUT2D eigenvalue weighted by Crippen LogP contribution is 1.99. The van der Waals surface area contributed by atoms with Crippen molar-refractivity contribution in [1.82, 2.24) is 9.80 Å². The molecule has 0 aliphatic heterocycles. The number of aliphatic carboxylic acids is 1. The number of carbonyl (C=O) groups is 3. The van der Waals surface area contributed by atoms with E-state index in [-0.39, 0.29) is 26.2 Å². The van der Waals surface area contributed by atoms with Gasteiger partial charge in [0.25, 0.3) is 0 Å². The molecule has 0 unspecified atom stereocenters. The predicted octanol–water partition coefficient (Wildman–Crippen LogP) is -1.05. The van der Waals surface area contributed by atoms with E-state index in [0.29, 0.717) is 0 Å². The van der Waals surface area contributed by atoms with E-state index < -0.39 is 24.5 Å². The summed E-state index contributed by atoms with van der Waals surface area (Å²) < 4.78 is 4.80. The molecule has 0 aromatic rings. The van der Waals surface area contributed by atoms with Crippen LogP contribution in [0.5, 0.6) is 0 Å². The SMILES string of the molecule is CCN(CC(N)=O)C(=O)N(CCOC)CC(=O)O. The molecule has 0 fully saturated rings. The van der Waals surface area contributed by atoms with Crippen LogP contribution >= 0.6 is 0 Å². The van der Waals surface area contributed by atoms with Crippen molar-refractivity contribution in [3.8, 4) is 0 Å². The molecule has 0 saturated carbocycles. The molecule has 0 radical (unpaired) electrons. The first-order chi connectivity index (χ1) is 8.42.